The van der Waals surface area contributed by atoms with Gasteiger partial charge in [0, 0.05) is 23.9 Å². The maximum Gasteiger partial charge on any atom is 0.323 e. The summed E-state index contributed by atoms with van der Waals surface area (Å²) >= 11 is 1.60. The molecule has 5 heteroatoms. The van der Waals surface area contributed by atoms with Crippen LogP contribution in [0.2, 0.25) is 0 Å². The Hall–Kier alpha value is -1.07. The first-order valence-corrected chi connectivity index (χ1v) is 6.28. The fourth-order valence-corrected chi connectivity index (χ4v) is 2.02. The van der Waals surface area contributed by atoms with E-state index in [-0.39, 0.29) is 5.97 Å². The highest BCUT2D eigenvalue weighted by atomic mass is 32.2. The molecule has 2 N–H and O–H groups in total. The van der Waals surface area contributed by atoms with Crippen molar-refractivity contribution in [1.82, 2.24) is 4.98 Å². The third-order valence-electron chi connectivity index (χ3n) is 1.88. The fraction of sp³-hybridized carbons (Fsp3) is 0.455. The maximum absolute atomic E-state index is 11.2. The Morgan fingerprint density at radius 3 is 3.12 bits per heavy atom. The van der Waals surface area contributed by atoms with Crippen LogP contribution in [0.15, 0.2) is 24.5 Å². The smallest absolute Gasteiger partial charge is 0.323 e. The lowest BCUT2D eigenvalue weighted by atomic mass is 10.3. The summed E-state index contributed by atoms with van der Waals surface area (Å²) in [6, 6.07) is 3.35. The van der Waals surface area contributed by atoms with Gasteiger partial charge in [-0.1, -0.05) is 6.07 Å². The molecule has 1 unspecified atom stereocenters. The minimum atomic E-state index is -0.540. The van der Waals surface area contributed by atoms with E-state index in [0.717, 1.165) is 11.3 Å². The van der Waals surface area contributed by atoms with Crippen LogP contribution in [0.25, 0.3) is 0 Å². The van der Waals surface area contributed by atoms with E-state index in [1.165, 1.54) is 0 Å². The Bertz CT molecular complexity index is 319. The van der Waals surface area contributed by atoms with E-state index < -0.39 is 6.04 Å². The summed E-state index contributed by atoms with van der Waals surface area (Å²) in [5.41, 5.74) is 6.78. The van der Waals surface area contributed by atoms with Crippen LogP contribution in [0.4, 0.5) is 0 Å². The standard InChI is InChI=1S/C11H16N2O2S/c1-2-15-11(14)10(12)8-16-7-9-4-3-5-13-6-9/h3-6,10H,2,7-8,12H2,1H3. The minimum Gasteiger partial charge on any atom is -0.465 e. The predicted octanol–water partition coefficient (Wildman–Crippen LogP) is 1.21. The van der Waals surface area contributed by atoms with Gasteiger partial charge in [0.15, 0.2) is 0 Å². The van der Waals surface area contributed by atoms with E-state index in [9.17, 15) is 4.79 Å². The third-order valence-corrected chi connectivity index (χ3v) is 3.01. The Kier molecular flexibility index (Phi) is 5.88. The molecule has 0 aromatic carbocycles. The van der Waals surface area contributed by atoms with Gasteiger partial charge in [-0.3, -0.25) is 9.78 Å². The molecule has 16 heavy (non-hydrogen) atoms. The molecule has 1 aromatic rings. The molecular weight excluding hydrogens is 224 g/mol. The number of thioether (sulfide) groups is 1. The number of carbonyl (C=O) groups excluding carboxylic acids is 1. The lowest BCUT2D eigenvalue weighted by Crippen LogP contribution is -2.34. The Morgan fingerprint density at radius 2 is 2.50 bits per heavy atom. The van der Waals surface area contributed by atoms with Crippen molar-refractivity contribution in [2.45, 2.75) is 18.7 Å². The average Bonchev–Trinajstić information content (AvgIpc) is 2.30. The average molecular weight is 240 g/mol. The van der Waals surface area contributed by atoms with Gasteiger partial charge in [0.25, 0.3) is 0 Å². The van der Waals surface area contributed by atoms with Gasteiger partial charge in [0.1, 0.15) is 6.04 Å². The van der Waals surface area contributed by atoms with E-state index in [4.69, 9.17) is 10.5 Å². The molecule has 1 aromatic heterocycles. The molecule has 0 spiro atoms. The van der Waals surface area contributed by atoms with Crippen LogP contribution < -0.4 is 5.73 Å². The third kappa shape index (κ3) is 4.63. The molecule has 0 radical (unpaired) electrons. The summed E-state index contributed by atoms with van der Waals surface area (Å²) in [4.78, 5) is 15.2. The van der Waals surface area contributed by atoms with Crippen LogP contribution in [0.5, 0.6) is 0 Å². The summed E-state index contributed by atoms with van der Waals surface area (Å²) in [6.45, 7) is 2.15. The van der Waals surface area contributed by atoms with Crippen molar-refractivity contribution in [2.75, 3.05) is 12.4 Å². The van der Waals surface area contributed by atoms with Gasteiger partial charge in [-0.15, -0.1) is 0 Å². The number of ether oxygens (including phenoxy) is 1. The van der Waals surface area contributed by atoms with E-state index >= 15 is 0 Å². The van der Waals surface area contributed by atoms with E-state index in [2.05, 4.69) is 4.98 Å². The molecule has 1 rings (SSSR count). The van der Waals surface area contributed by atoms with E-state index in [0.29, 0.717) is 12.4 Å². The van der Waals surface area contributed by atoms with Gasteiger partial charge in [0.05, 0.1) is 6.61 Å². The number of hydrogen-bond donors (Lipinski definition) is 1. The molecule has 0 fully saturated rings. The van der Waals surface area contributed by atoms with Crippen molar-refractivity contribution in [1.29, 1.82) is 0 Å². The number of esters is 1. The second-order valence-corrected chi connectivity index (χ2v) is 4.27. The number of rotatable bonds is 6. The zero-order valence-corrected chi connectivity index (χ0v) is 10.1. The lowest BCUT2D eigenvalue weighted by Gasteiger charge is -2.09. The van der Waals surface area contributed by atoms with Crippen molar-refractivity contribution < 1.29 is 9.53 Å². The normalized spacial score (nSPS) is 12.1. The van der Waals surface area contributed by atoms with Crippen molar-refractivity contribution >= 4 is 17.7 Å². The van der Waals surface area contributed by atoms with Crippen molar-refractivity contribution in [3.8, 4) is 0 Å². The van der Waals surface area contributed by atoms with E-state index in [1.807, 2.05) is 18.3 Å². The summed E-state index contributed by atoms with van der Waals surface area (Å²) in [7, 11) is 0. The first-order chi connectivity index (χ1) is 7.74. The molecule has 0 aliphatic rings. The van der Waals surface area contributed by atoms with Crippen LogP contribution in [-0.2, 0) is 15.3 Å². The zero-order chi connectivity index (χ0) is 11.8. The van der Waals surface area contributed by atoms with Gasteiger partial charge < -0.3 is 10.5 Å². The van der Waals surface area contributed by atoms with Crippen molar-refractivity contribution in [2.24, 2.45) is 5.73 Å². The molecule has 0 aliphatic carbocycles. The van der Waals surface area contributed by atoms with Crippen LogP contribution in [-0.4, -0.2) is 29.4 Å². The SMILES string of the molecule is CCOC(=O)C(N)CSCc1cccnc1. The molecule has 88 valence electrons. The molecule has 1 heterocycles. The summed E-state index contributed by atoms with van der Waals surface area (Å²) in [6.07, 6.45) is 3.54. The number of nitrogens with zero attached hydrogens (tertiary/aromatic N) is 1. The molecule has 0 aliphatic heterocycles. The number of hydrogen-bond acceptors (Lipinski definition) is 5. The molecular formula is C11H16N2O2S. The lowest BCUT2D eigenvalue weighted by molar-refractivity contribution is -0.144. The Balaban J connectivity index is 2.23. The number of nitrogens with two attached hydrogens (primary N) is 1. The van der Waals surface area contributed by atoms with Crippen LogP contribution in [0.3, 0.4) is 0 Å². The molecule has 0 saturated heterocycles. The van der Waals surface area contributed by atoms with Crippen LogP contribution in [0, 0.1) is 0 Å². The Labute approximate surface area is 99.6 Å². The van der Waals surface area contributed by atoms with Crippen molar-refractivity contribution in [3.63, 3.8) is 0 Å². The van der Waals surface area contributed by atoms with Crippen LogP contribution in [0.1, 0.15) is 12.5 Å². The van der Waals surface area contributed by atoms with Gasteiger partial charge >= 0.3 is 5.97 Å². The largest absolute Gasteiger partial charge is 0.465 e. The minimum absolute atomic E-state index is 0.332. The van der Waals surface area contributed by atoms with Gasteiger partial charge in [-0.2, -0.15) is 11.8 Å². The quantitative estimate of drug-likeness (QED) is 0.757. The second-order valence-electron chi connectivity index (χ2n) is 3.23. The number of pyridine rings is 1. The first kappa shape index (κ1) is 13.0. The molecule has 0 saturated carbocycles. The Morgan fingerprint density at radius 1 is 1.69 bits per heavy atom. The predicted molar refractivity (Wildman–Crippen MR) is 65.0 cm³/mol. The molecule has 0 amide bonds. The fourth-order valence-electron chi connectivity index (χ4n) is 1.10. The zero-order valence-electron chi connectivity index (χ0n) is 9.26. The van der Waals surface area contributed by atoms with Crippen molar-refractivity contribution in [3.05, 3.63) is 30.1 Å². The topological polar surface area (TPSA) is 65.2 Å². The summed E-state index contributed by atoms with van der Waals surface area (Å²) in [5, 5.41) is 0. The maximum atomic E-state index is 11.2. The highest BCUT2D eigenvalue weighted by molar-refractivity contribution is 7.98. The number of carbonyl (C=O) groups is 1. The molecule has 1 atom stereocenters. The number of aromatic nitrogens is 1. The summed E-state index contributed by atoms with van der Waals surface area (Å²) < 4.78 is 4.82. The van der Waals surface area contributed by atoms with E-state index in [1.54, 1.807) is 24.9 Å². The molecule has 0 bridgehead atoms. The first-order valence-electron chi connectivity index (χ1n) is 5.13. The monoisotopic (exact) mass is 240 g/mol. The highest BCUT2D eigenvalue weighted by Crippen LogP contribution is 2.11. The van der Waals surface area contributed by atoms with Gasteiger partial charge in [-0.25, -0.2) is 0 Å². The van der Waals surface area contributed by atoms with Gasteiger partial charge in [-0.05, 0) is 18.6 Å². The van der Waals surface area contributed by atoms with Gasteiger partial charge in [0.2, 0.25) is 0 Å². The van der Waals surface area contributed by atoms with Crippen LogP contribution >= 0.6 is 11.8 Å². The molecule has 4 nitrogen and oxygen atoms in total. The highest BCUT2D eigenvalue weighted by Gasteiger charge is 2.13. The second kappa shape index (κ2) is 7.24. The summed E-state index contributed by atoms with van der Waals surface area (Å²) in [5.74, 6) is 1.04.